The SMILES string of the molecule is O=C(Nc1ccc(F)cc1)c1ccc(Nc2ccccc2N2CCOCC2)cn1. The summed E-state index contributed by atoms with van der Waals surface area (Å²) in [6.07, 6.45) is 1.62. The molecule has 4 rings (SSSR count). The number of rotatable bonds is 5. The molecule has 3 aromatic rings. The molecular weight excluding hydrogens is 371 g/mol. The molecule has 0 atom stereocenters. The molecule has 0 aliphatic carbocycles. The number of ether oxygens (including phenoxy) is 1. The molecule has 0 unspecified atom stereocenters. The maximum Gasteiger partial charge on any atom is 0.274 e. The molecule has 1 saturated heterocycles. The minimum absolute atomic E-state index is 0.279. The lowest BCUT2D eigenvalue weighted by Gasteiger charge is -2.30. The van der Waals surface area contributed by atoms with Crippen LogP contribution in [-0.2, 0) is 4.74 Å². The Hall–Kier alpha value is -3.45. The van der Waals surface area contributed by atoms with Crippen LogP contribution in [0.4, 0.5) is 27.1 Å². The van der Waals surface area contributed by atoms with Gasteiger partial charge in [-0.3, -0.25) is 4.79 Å². The molecule has 148 valence electrons. The number of para-hydroxylation sites is 2. The Morgan fingerprint density at radius 2 is 1.69 bits per heavy atom. The number of halogens is 1. The van der Waals surface area contributed by atoms with E-state index in [-0.39, 0.29) is 17.4 Å². The third kappa shape index (κ3) is 4.70. The number of benzene rings is 2. The van der Waals surface area contributed by atoms with E-state index in [0.717, 1.165) is 30.2 Å². The molecule has 0 bridgehead atoms. The molecular formula is C22H21FN4O2. The van der Waals surface area contributed by atoms with Gasteiger partial charge in [-0.15, -0.1) is 0 Å². The van der Waals surface area contributed by atoms with Gasteiger partial charge in [0.15, 0.2) is 0 Å². The van der Waals surface area contributed by atoms with Crippen molar-refractivity contribution in [2.45, 2.75) is 0 Å². The molecule has 1 fully saturated rings. The van der Waals surface area contributed by atoms with Crippen LogP contribution in [0.5, 0.6) is 0 Å². The predicted molar refractivity (Wildman–Crippen MR) is 111 cm³/mol. The molecule has 0 spiro atoms. The zero-order valence-corrected chi connectivity index (χ0v) is 15.8. The van der Waals surface area contributed by atoms with Crippen molar-refractivity contribution in [3.63, 3.8) is 0 Å². The lowest BCUT2D eigenvalue weighted by atomic mass is 10.2. The van der Waals surface area contributed by atoms with E-state index in [9.17, 15) is 9.18 Å². The lowest BCUT2D eigenvalue weighted by Crippen LogP contribution is -2.36. The Bertz CT molecular complexity index is 971. The fourth-order valence-electron chi connectivity index (χ4n) is 3.15. The average molecular weight is 392 g/mol. The Morgan fingerprint density at radius 1 is 0.966 bits per heavy atom. The smallest absolute Gasteiger partial charge is 0.274 e. The van der Waals surface area contributed by atoms with E-state index >= 15 is 0 Å². The highest BCUT2D eigenvalue weighted by molar-refractivity contribution is 6.03. The summed E-state index contributed by atoms with van der Waals surface area (Å²) in [5.41, 5.74) is 3.65. The maximum atomic E-state index is 13.0. The number of nitrogens with one attached hydrogen (secondary N) is 2. The topological polar surface area (TPSA) is 66.5 Å². The van der Waals surface area contributed by atoms with E-state index in [4.69, 9.17) is 4.74 Å². The molecule has 1 aliphatic heterocycles. The quantitative estimate of drug-likeness (QED) is 0.686. The van der Waals surface area contributed by atoms with E-state index in [1.807, 2.05) is 24.3 Å². The zero-order valence-electron chi connectivity index (χ0n) is 15.8. The molecule has 29 heavy (non-hydrogen) atoms. The van der Waals surface area contributed by atoms with Gasteiger partial charge in [0.2, 0.25) is 0 Å². The summed E-state index contributed by atoms with van der Waals surface area (Å²) in [4.78, 5) is 18.9. The number of morpholine rings is 1. The largest absolute Gasteiger partial charge is 0.378 e. The molecule has 2 N–H and O–H groups in total. The monoisotopic (exact) mass is 392 g/mol. The first kappa shape index (κ1) is 18.9. The maximum absolute atomic E-state index is 13.0. The molecule has 2 heterocycles. The minimum Gasteiger partial charge on any atom is -0.378 e. The van der Waals surface area contributed by atoms with Gasteiger partial charge in [-0.2, -0.15) is 0 Å². The highest BCUT2D eigenvalue weighted by Gasteiger charge is 2.15. The standard InChI is InChI=1S/C22H21FN4O2/c23-16-5-7-17(8-6-16)26-22(28)20-10-9-18(15-24-20)25-19-3-1-2-4-21(19)27-11-13-29-14-12-27/h1-10,15,25H,11-14H2,(H,26,28). The van der Waals surface area contributed by atoms with Crippen molar-refractivity contribution in [2.24, 2.45) is 0 Å². The number of nitrogens with zero attached hydrogens (tertiary/aromatic N) is 2. The van der Waals surface area contributed by atoms with Gasteiger partial charge in [0, 0.05) is 18.8 Å². The van der Waals surface area contributed by atoms with E-state index in [1.54, 1.807) is 12.3 Å². The van der Waals surface area contributed by atoms with Crippen LogP contribution in [0.15, 0.2) is 66.9 Å². The van der Waals surface area contributed by atoms with Crippen molar-refractivity contribution in [3.8, 4) is 0 Å². The van der Waals surface area contributed by atoms with Crippen molar-refractivity contribution in [2.75, 3.05) is 41.8 Å². The molecule has 1 aromatic heterocycles. The Morgan fingerprint density at radius 3 is 2.41 bits per heavy atom. The molecule has 0 saturated carbocycles. The number of hydrogen-bond acceptors (Lipinski definition) is 5. The molecule has 6 nitrogen and oxygen atoms in total. The molecule has 1 amide bonds. The third-order valence-electron chi connectivity index (χ3n) is 4.63. The average Bonchev–Trinajstić information content (AvgIpc) is 2.77. The van der Waals surface area contributed by atoms with E-state index in [1.165, 1.54) is 24.3 Å². The second kappa shape index (κ2) is 8.70. The highest BCUT2D eigenvalue weighted by atomic mass is 19.1. The number of anilines is 4. The Labute approximate surface area is 168 Å². The number of hydrogen-bond donors (Lipinski definition) is 2. The third-order valence-corrected chi connectivity index (χ3v) is 4.63. The predicted octanol–water partition coefficient (Wildman–Crippen LogP) is 4.05. The minimum atomic E-state index is -0.353. The summed E-state index contributed by atoms with van der Waals surface area (Å²) >= 11 is 0. The van der Waals surface area contributed by atoms with Gasteiger partial charge in [-0.05, 0) is 48.5 Å². The van der Waals surface area contributed by atoms with Gasteiger partial charge in [0.05, 0.1) is 36.5 Å². The van der Waals surface area contributed by atoms with Crippen LogP contribution < -0.4 is 15.5 Å². The van der Waals surface area contributed by atoms with Gasteiger partial charge in [-0.25, -0.2) is 9.37 Å². The van der Waals surface area contributed by atoms with Gasteiger partial charge in [-0.1, -0.05) is 12.1 Å². The van der Waals surface area contributed by atoms with Crippen LogP contribution in [0.25, 0.3) is 0 Å². The van der Waals surface area contributed by atoms with Crippen LogP contribution in [0.3, 0.4) is 0 Å². The van der Waals surface area contributed by atoms with Crippen molar-refractivity contribution in [1.29, 1.82) is 0 Å². The van der Waals surface area contributed by atoms with Gasteiger partial charge < -0.3 is 20.3 Å². The first-order valence-corrected chi connectivity index (χ1v) is 9.41. The van der Waals surface area contributed by atoms with Gasteiger partial charge >= 0.3 is 0 Å². The normalized spacial score (nSPS) is 13.8. The van der Waals surface area contributed by atoms with E-state index < -0.39 is 0 Å². The summed E-state index contributed by atoms with van der Waals surface area (Å²) in [5.74, 6) is -0.703. The van der Waals surface area contributed by atoms with Crippen LogP contribution >= 0.6 is 0 Å². The summed E-state index contributed by atoms with van der Waals surface area (Å²) < 4.78 is 18.4. The number of aromatic nitrogens is 1. The summed E-state index contributed by atoms with van der Waals surface area (Å²) in [7, 11) is 0. The summed E-state index contributed by atoms with van der Waals surface area (Å²) in [6, 6.07) is 17.1. The van der Waals surface area contributed by atoms with Crippen molar-refractivity contribution >= 4 is 28.7 Å². The first-order chi connectivity index (χ1) is 14.2. The molecule has 7 heteroatoms. The number of carbonyl (C=O) groups is 1. The molecule has 2 aromatic carbocycles. The Balaban J connectivity index is 1.45. The zero-order chi connectivity index (χ0) is 20.1. The van der Waals surface area contributed by atoms with Crippen LogP contribution in [-0.4, -0.2) is 37.2 Å². The fourth-order valence-corrected chi connectivity index (χ4v) is 3.15. The summed E-state index contributed by atoms with van der Waals surface area (Å²) in [6.45, 7) is 3.13. The van der Waals surface area contributed by atoms with Crippen molar-refractivity contribution in [3.05, 3.63) is 78.4 Å². The second-order valence-electron chi connectivity index (χ2n) is 6.63. The van der Waals surface area contributed by atoms with Crippen molar-refractivity contribution < 1.29 is 13.9 Å². The van der Waals surface area contributed by atoms with Gasteiger partial charge in [0.1, 0.15) is 11.5 Å². The van der Waals surface area contributed by atoms with Gasteiger partial charge in [0.25, 0.3) is 5.91 Å². The van der Waals surface area contributed by atoms with E-state index in [0.29, 0.717) is 18.9 Å². The number of pyridine rings is 1. The number of carbonyl (C=O) groups excluding carboxylic acids is 1. The van der Waals surface area contributed by atoms with Crippen LogP contribution in [0, 0.1) is 5.82 Å². The number of amides is 1. The Kier molecular flexibility index (Phi) is 5.67. The lowest BCUT2D eigenvalue weighted by molar-refractivity contribution is 0.102. The second-order valence-corrected chi connectivity index (χ2v) is 6.63. The molecule has 1 aliphatic rings. The van der Waals surface area contributed by atoms with E-state index in [2.05, 4.69) is 26.6 Å². The highest BCUT2D eigenvalue weighted by Crippen LogP contribution is 2.29. The van der Waals surface area contributed by atoms with Crippen LogP contribution in [0.1, 0.15) is 10.5 Å². The molecule has 0 radical (unpaired) electrons. The van der Waals surface area contributed by atoms with Crippen molar-refractivity contribution in [1.82, 2.24) is 4.98 Å². The fraction of sp³-hybridized carbons (Fsp3) is 0.182. The summed E-state index contributed by atoms with van der Waals surface area (Å²) in [5, 5.41) is 6.07. The van der Waals surface area contributed by atoms with Crippen LogP contribution in [0.2, 0.25) is 0 Å². The first-order valence-electron chi connectivity index (χ1n) is 9.41.